The molecule has 0 saturated heterocycles. The Labute approximate surface area is 182 Å². The largest absolute Gasteiger partial charge is 0.502 e. The van der Waals surface area contributed by atoms with E-state index in [0.717, 1.165) is 47.8 Å². The van der Waals surface area contributed by atoms with Crippen molar-refractivity contribution in [3.63, 3.8) is 0 Å². The molecule has 0 fully saturated rings. The molecule has 0 aliphatic heterocycles. The van der Waals surface area contributed by atoms with E-state index in [4.69, 9.17) is 4.42 Å². The van der Waals surface area contributed by atoms with E-state index in [1.165, 1.54) is 12.3 Å². The fourth-order valence-corrected chi connectivity index (χ4v) is 4.34. The minimum absolute atomic E-state index is 0.166. The number of phenols is 1. The van der Waals surface area contributed by atoms with Crippen LogP contribution < -0.4 is 5.43 Å². The van der Waals surface area contributed by atoms with Crippen molar-refractivity contribution in [3.05, 3.63) is 81.1 Å². The standard InChI is InChI=1S/C24H19N3O5/c28-23-18(13-25-26-24(29)16-10-5-7-14-6-1-2-8-15(14)16)22-17-9-3-4-11-20(17)32-21(22)12-19(23)27(30)31/h1-2,5-8,10,12-13,28H,3-4,9,11H2,(H,26,29). The summed E-state index contributed by atoms with van der Waals surface area (Å²) in [5.74, 6) is -0.145. The zero-order chi connectivity index (χ0) is 22.2. The highest BCUT2D eigenvalue weighted by molar-refractivity contribution is 6.08. The summed E-state index contributed by atoms with van der Waals surface area (Å²) < 4.78 is 5.86. The average Bonchev–Trinajstić information content (AvgIpc) is 3.18. The fourth-order valence-electron chi connectivity index (χ4n) is 4.34. The summed E-state index contributed by atoms with van der Waals surface area (Å²) in [6.45, 7) is 0. The molecule has 0 saturated carbocycles. The first-order valence-electron chi connectivity index (χ1n) is 10.3. The number of aromatic hydroxyl groups is 1. The summed E-state index contributed by atoms with van der Waals surface area (Å²) in [7, 11) is 0. The molecule has 1 aliphatic carbocycles. The maximum atomic E-state index is 12.7. The van der Waals surface area contributed by atoms with E-state index >= 15 is 0 Å². The third-order valence-corrected chi connectivity index (χ3v) is 5.82. The molecule has 5 rings (SSSR count). The van der Waals surface area contributed by atoms with E-state index in [1.807, 2.05) is 30.3 Å². The van der Waals surface area contributed by atoms with Crippen molar-refractivity contribution < 1.29 is 19.2 Å². The third kappa shape index (κ3) is 3.26. The van der Waals surface area contributed by atoms with Crippen molar-refractivity contribution in [1.82, 2.24) is 5.43 Å². The summed E-state index contributed by atoms with van der Waals surface area (Å²) in [5, 5.41) is 28.4. The Morgan fingerprint density at radius 1 is 1.16 bits per heavy atom. The molecule has 0 bridgehead atoms. The minimum atomic E-state index is -0.664. The van der Waals surface area contributed by atoms with Crippen LogP contribution in [-0.4, -0.2) is 22.2 Å². The first-order chi connectivity index (χ1) is 15.5. The Bertz CT molecular complexity index is 1420. The number of phenolic OH excluding ortho intramolecular Hbond substituents is 1. The van der Waals surface area contributed by atoms with E-state index in [2.05, 4.69) is 10.5 Å². The van der Waals surface area contributed by atoms with Gasteiger partial charge in [0.15, 0.2) is 0 Å². The van der Waals surface area contributed by atoms with E-state index in [0.29, 0.717) is 16.5 Å². The van der Waals surface area contributed by atoms with Gasteiger partial charge in [0.05, 0.1) is 22.8 Å². The number of carbonyl (C=O) groups is 1. The number of nitro benzene ring substituents is 1. The van der Waals surface area contributed by atoms with Crippen molar-refractivity contribution in [2.75, 3.05) is 0 Å². The van der Waals surface area contributed by atoms with Gasteiger partial charge in [-0.2, -0.15) is 5.10 Å². The molecule has 1 amide bonds. The first kappa shape index (κ1) is 19.7. The Morgan fingerprint density at radius 3 is 2.78 bits per heavy atom. The lowest BCUT2D eigenvalue weighted by molar-refractivity contribution is -0.385. The Kier molecular flexibility index (Phi) is 4.82. The Hall–Kier alpha value is -4.20. The van der Waals surface area contributed by atoms with Crippen LogP contribution in [0.15, 0.2) is 58.0 Å². The summed E-state index contributed by atoms with van der Waals surface area (Å²) in [5.41, 5.74) is 3.89. The number of hydrogen-bond acceptors (Lipinski definition) is 6. The van der Waals surface area contributed by atoms with E-state index in [9.17, 15) is 20.0 Å². The number of carbonyl (C=O) groups excluding carboxylic acids is 1. The van der Waals surface area contributed by atoms with Gasteiger partial charge in [0, 0.05) is 22.9 Å². The number of aryl methyl sites for hydroxylation is 2. The number of furan rings is 1. The number of hydrogen-bond donors (Lipinski definition) is 2. The monoisotopic (exact) mass is 429 g/mol. The van der Waals surface area contributed by atoms with E-state index in [1.54, 1.807) is 12.1 Å². The SMILES string of the molecule is O=C(NN=Cc1c(O)c([N+](=O)[O-])cc2oc3c(c12)CCCC3)c1cccc2ccccc12. The molecule has 1 aromatic heterocycles. The van der Waals surface area contributed by atoms with Crippen molar-refractivity contribution in [2.24, 2.45) is 5.10 Å². The molecular weight excluding hydrogens is 410 g/mol. The van der Waals surface area contributed by atoms with Crippen molar-refractivity contribution in [1.29, 1.82) is 0 Å². The predicted molar refractivity (Wildman–Crippen MR) is 120 cm³/mol. The third-order valence-electron chi connectivity index (χ3n) is 5.82. The number of hydrazone groups is 1. The molecule has 1 heterocycles. The van der Waals surface area contributed by atoms with Crippen LogP contribution in [0.2, 0.25) is 0 Å². The second kappa shape index (κ2) is 7.81. The van der Waals surface area contributed by atoms with Gasteiger partial charge in [-0.1, -0.05) is 36.4 Å². The molecule has 32 heavy (non-hydrogen) atoms. The van der Waals surface area contributed by atoms with Gasteiger partial charge >= 0.3 is 5.69 Å². The van der Waals surface area contributed by atoms with Gasteiger partial charge in [-0.05, 0) is 36.1 Å². The minimum Gasteiger partial charge on any atom is -0.502 e. The second-order valence-electron chi connectivity index (χ2n) is 7.72. The smallest absolute Gasteiger partial charge is 0.315 e. The van der Waals surface area contributed by atoms with Gasteiger partial charge in [-0.3, -0.25) is 14.9 Å². The molecule has 0 unspecified atom stereocenters. The summed E-state index contributed by atoms with van der Waals surface area (Å²) in [4.78, 5) is 23.5. The Balaban J connectivity index is 1.54. The molecule has 2 N–H and O–H groups in total. The van der Waals surface area contributed by atoms with Gasteiger partial charge in [0.25, 0.3) is 5.91 Å². The highest BCUT2D eigenvalue weighted by atomic mass is 16.6. The van der Waals surface area contributed by atoms with Crippen LogP contribution in [0.4, 0.5) is 5.69 Å². The molecule has 0 radical (unpaired) electrons. The lowest BCUT2D eigenvalue weighted by atomic mass is 9.93. The first-order valence-corrected chi connectivity index (χ1v) is 10.3. The number of rotatable bonds is 4. The molecule has 0 spiro atoms. The van der Waals surface area contributed by atoms with Crippen LogP contribution in [0.25, 0.3) is 21.7 Å². The van der Waals surface area contributed by atoms with Gasteiger partial charge in [0.1, 0.15) is 11.3 Å². The molecule has 160 valence electrons. The number of benzene rings is 3. The van der Waals surface area contributed by atoms with Gasteiger partial charge < -0.3 is 9.52 Å². The molecule has 0 atom stereocenters. The maximum absolute atomic E-state index is 12.7. The van der Waals surface area contributed by atoms with Crippen molar-refractivity contribution in [2.45, 2.75) is 25.7 Å². The lowest BCUT2D eigenvalue weighted by Crippen LogP contribution is -2.18. The average molecular weight is 429 g/mol. The number of fused-ring (bicyclic) bond motifs is 4. The number of nitrogens with one attached hydrogen (secondary N) is 1. The maximum Gasteiger partial charge on any atom is 0.315 e. The molecule has 1 aliphatic rings. The van der Waals surface area contributed by atoms with Gasteiger partial charge in [-0.25, -0.2) is 5.43 Å². The van der Waals surface area contributed by atoms with Crippen LogP contribution in [0.1, 0.15) is 40.1 Å². The Morgan fingerprint density at radius 2 is 1.94 bits per heavy atom. The van der Waals surface area contributed by atoms with Gasteiger partial charge in [-0.15, -0.1) is 0 Å². The van der Waals surface area contributed by atoms with Crippen LogP contribution in [0, 0.1) is 10.1 Å². The number of amides is 1. The molecule has 8 heteroatoms. The molecular formula is C24H19N3O5. The number of nitrogens with zero attached hydrogens (tertiary/aromatic N) is 2. The van der Waals surface area contributed by atoms with E-state index in [-0.39, 0.29) is 5.56 Å². The lowest BCUT2D eigenvalue weighted by Gasteiger charge is -2.10. The summed E-state index contributed by atoms with van der Waals surface area (Å²) >= 11 is 0. The molecule has 3 aromatic carbocycles. The molecule has 8 nitrogen and oxygen atoms in total. The van der Waals surface area contributed by atoms with Gasteiger partial charge in [0.2, 0.25) is 5.75 Å². The number of nitro groups is 1. The second-order valence-corrected chi connectivity index (χ2v) is 7.72. The quantitative estimate of drug-likeness (QED) is 0.273. The zero-order valence-electron chi connectivity index (χ0n) is 17.0. The van der Waals surface area contributed by atoms with Crippen LogP contribution in [-0.2, 0) is 12.8 Å². The van der Waals surface area contributed by atoms with Crippen LogP contribution in [0.5, 0.6) is 5.75 Å². The predicted octanol–water partition coefficient (Wildman–Crippen LogP) is 4.84. The zero-order valence-corrected chi connectivity index (χ0v) is 17.0. The van der Waals surface area contributed by atoms with Crippen molar-refractivity contribution in [3.8, 4) is 5.75 Å². The highest BCUT2D eigenvalue weighted by Gasteiger charge is 2.27. The highest BCUT2D eigenvalue weighted by Crippen LogP contribution is 2.41. The normalized spacial score (nSPS) is 13.5. The summed E-state index contributed by atoms with van der Waals surface area (Å²) in [6.07, 6.45) is 4.69. The van der Waals surface area contributed by atoms with Crippen molar-refractivity contribution >= 4 is 39.6 Å². The molecule has 4 aromatic rings. The fraction of sp³-hybridized carbons (Fsp3) is 0.167. The van der Waals surface area contributed by atoms with Crippen LogP contribution in [0.3, 0.4) is 0 Å². The topological polar surface area (TPSA) is 118 Å². The summed E-state index contributed by atoms with van der Waals surface area (Å²) in [6, 6.07) is 14.1. The van der Waals surface area contributed by atoms with Crippen LogP contribution >= 0.6 is 0 Å². The van der Waals surface area contributed by atoms with E-state index < -0.39 is 22.3 Å².